The number of pyridine rings is 1. The maximum absolute atomic E-state index is 12.5. The first-order valence-electron chi connectivity index (χ1n) is 4.12. The second-order valence-electron chi connectivity index (χ2n) is 2.90. The highest BCUT2D eigenvalue weighted by Gasteiger charge is 2.34. The number of nitrogens with two attached hydrogens (primary N) is 1. The maximum atomic E-state index is 12.5. The van der Waals surface area contributed by atoms with Gasteiger partial charge in [-0.25, -0.2) is 5.84 Å². The minimum atomic E-state index is -4.70. The Morgan fingerprint density at radius 1 is 1.44 bits per heavy atom. The standard InChI is InChI=1S/C8H8F3N3O2/c9-8(10,11)5-2-1-3-7(16)14(5)4-6(15)13-12/h1-3H,4,12H2,(H,13,15). The van der Waals surface area contributed by atoms with Gasteiger partial charge in [0.2, 0.25) is 0 Å². The van der Waals surface area contributed by atoms with Crippen LogP contribution in [0.5, 0.6) is 0 Å². The topological polar surface area (TPSA) is 77.1 Å². The number of nitrogens with zero attached hydrogens (tertiary/aromatic N) is 1. The minimum Gasteiger partial charge on any atom is -0.295 e. The normalized spacial score (nSPS) is 11.2. The van der Waals surface area contributed by atoms with E-state index in [-0.39, 0.29) is 0 Å². The SMILES string of the molecule is NNC(=O)Cn1c(C(F)(F)F)cccc1=O. The van der Waals surface area contributed by atoms with E-state index in [2.05, 4.69) is 0 Å². The molecule has 0 saturated carbocycles. The van der Waals surface area contributed by atoms with E-state index in [9.17, 15) is 22.8 Å². The molecule has 8 heteroatoms. The molecule has 0 bridgehead atoms. The Kier molecular flexibility index (Phi) is 3.33. The molecule has 0 aliphatic rings. The van der Waals surface area contributed by atoms with Gasteiger partial charge in [0.15, 0.2) is 0 Å². The number of nitrogens with one attached hydrogen (secondary N) is 1. The van der Waals surface area contributed by atoms with Crippen molar-refractivity contribution in [1.82, 2.24) is 9.99 Å². The predicted molar refractivity (Wildman–Crippen MR) is 48.0 cm³/mol. The number of hydrazine groups is 1. The van der Waals surface area contributed by atoms with Crippen LogP contribution < -0.4 is 16.8 Å². The number of alkyl halides is 3. The predicted octanol–water partition coefficient (Wildman–Crippen LogP) is -0.143. The first kappa shape index (κ1) is 12.2. The molecule has 0 atom stereocenters. The lowest BCUT2D eigenvalue weighted by molar-refractivity contribution is -0.144. The highest BCUT2D eigenvalue weighted by Crippen LogP contribution is 2.27. The summed E-state index contributed by atoms with van der Waals surface area (Å²) in [5.41, 5.74) is -0.456. The highest BCUT2D eigenvalue weighted by atomic mass is 19.4. The van der Waals surface area contributed by atoms with Crippen molar-refractivity contribution in [1.29, 1.82) is 0 Å². The van der Waals surface area contributed by atoms with Crippen molar-refractivity contribution in [2.45, 2.75) is 12.7 Å². The third-order valence-corrected chi connectivity index (χ3v) is 1.80. The van der Waals surface area contributed by atoms with Crippen molar-refractivity contribution in [3.05, 3.63) is 34.2 Å². The zero-order valence-electron chi connectivity index (χ0n) is 7.91. The van der Waals surface area contributed by atoms with E-state index < -0.39 is 29.9 Å². The summed E-state index contributed by atoms with van der Waals surface area (Å²) in [5.74, 6) is 3.84. The Hall–Kier alpha value is -1.83. The Bertz CT molecular complexity index is 453. The number of carbonyl (C=O) groups is 1. The summed E-state index contributed by atoms with van der Waals surface area (Å²) in [6.07, 6.45) is -4.70. The van der Waals surface area contributed by atoms with Gasteiger partial charge in [-0.05, 0) is 6.07 Å². The van der Waals surface area contributed by atoms with Crippen molar-refractivity contribution in [3.8, 4) is 0 Å². The molecule has 0 aromatic carbocycles. The second kappa shape index (κ2) is 4.35. The molecule has 1 aromatic rings. The minimum absolute atomic E-state index is 0.308. The van der Waals surface area contributed by atoms with Crippen LogP contribution in [0.4, 0.5) is 13.2 Å². The maximum Gasteiger partial charge on any atom is 0.431 e. The van der Waals surface area contributed by atoms with Crippen molar-refractivity contribution in [3.63, 3.8) is 0 Å². The van der Waals surface area contributed by atoms with Crippen molar-refractivity contribution < 1.29 is 18.0 Å². The van der Waals surface area contributed by atoms with E-state index in [1.807, 2.05) is 0 Å². The fraction of sp³-hybridized carbons (Fsp3) is 0.250. The first-order chi connectivity index (χ1) is 7.36. The lowest BCUT2D eigenvalue weighted by atomic mass is 10.3. The van der Waals surface area contributed by atoms with Gasteiger partial charge in [0, 0.05) is 6.07 Å². The number of rotatable bonds is 2. The van der Waals surface area contributed by atoms with E-state index in [0.717, 1.165) is 12.1 Å². The number of halogens is 3. The summed E-state index contributed by atoms with van der Waals surface area (Å²) >= 11 is 0. The number of hydrogen-bond donors (Lipinski definition) is 2. The van der Waals surface area contributed by atoms with Crippen molar-refractivity contribution >= 4 is 5.91 Å². The van der Waals surface area contributed by atoms with Crippen LogP contribution in [0.1, 0.15) is 5.69 Å². The average molecular weight is 235 g/mol. The van der Waals surface area contributed by atoms with E-state index in [0.29, 0.717) is 10.6 Å². The lowest BCUT2D eigenvalue weighted by Gasteiger charge is -2.13. The molecule has 0 unspecified atom stereocenters. The molecule has 88 valence electrons. The van der Waals surface area contributed by atoms with Gasteiger partial charge in [0.25, 0.3) is 11.5 Å². The fourth-order valence-corrected chi connectivity index (χ4v) is 1.12. The fourth-order valence-electron chi connectivity index (χ4n) is 1.12. The van der Waals surface area contributed by atoms with E-state index in [4.69, 9.17) is 5.84 Å². The largest absolute Gasteiger partial charge is 0.431 e. The van der Waals surface area contributed by atoms with Gasteiger partial charge in [0.05, 0.1) is 0 Å². The van der Waals surface area contributed by atoms with Gasteiger partial charge in [-0.1, -0.05) is 6.07 Å². The van der Waals surface area contributed by atoms with Crippen LogP contribution in [-0.4, -0.2) is 10.5 Å². The molecule has 0 spiro atoms. The van der Waals surface area contributed by atoms with Crippen molar-refractivity contribution in [2.24, 2.45) is 5.84 Å². The summed E-state index contributed by atoms with van der Waals surface area (Å²) in [6.45, 7) is -0.773. The van der Waals surface area contributed by atoms with Crippen LogP contribution in [-0.2, 0) is 17.5 Å². The molecule has 1 heterocycles. The number of aromatic nitrogens is 1. The van der Waals surface area contributed by atoms with Gasteiger partial charge in [-0.2, -0.15) is 13.2 Å². The van der Waals surface area contributed by atoms with E-state index in [1.165, 1.54) is 0 Å². The molecule has 1 rings (SSSR count). The molecular formula is C8H8F3N3O2. The number of amides is 1. The quantitative estimate of drug-likeness (QED) is 0.425. The molecule has 0 radical (unpaired) electrons. The molecule has 16 heavy (non-hydrogen) atoms. The summed E-state index contributed by atoms with van der Waals surface area (Å²) in [6, 6.07) is 2.62. The molecule has 1 aromatic heterocycles. The summed E-state index contributed by atoms with van der Waals surface area (Å²) in [4.78, 5) is 22.0. The van der Waals surface area contributed by atoms with Crippen LogP contribution in [0.3, 0.4) is 0 Å². The van der Waals surface area contributed by atoms with Crippen LogP contribution in [0.25, 0.3) is 0 Å². The second-order valence-corrected chi connectivity index (χ2v) is 2.90. The van der Waals surface area contributed by atoms with Crippen LogP contribution in [0, 0.1) is 0 Å². The molecule has 3 N–H and O–H groups in total. The monoisotopic (exact) mass is 235 g/mol. The van der Waals surface area contributed by atoms with Gasteiger partial charge in [-0.3, -0.25) is 19.6 Å². The van der Waals surface area contributed by atoms with Crippen LogP contribution >= 0.6 is 0 Å². The van der Waals surface area contributed by atoms with Gasteiger partial charge >= 0.3 is 6.18 Å². The first-order valence-corrected chi connectivity index (χ1v) is 4.12. The third kappa shape index (κ3) is 2.60. The Morgan fingerprint density at radius 2 is 2.06 bits per heavy atom. The number of hydrogen-bond acceptors (Lipinski definition) is 3. The molecule has 5 nitrogen and oxygen atoms in total. The Labute approximate surface area is 87.6 Å². The highest BCUT2D eigenvalue weighted by molar-refractivity contribution is 5.75. The molecule has 0 aliphatic heterocycles. The average Bonchev–Trinajstić information content (AvgIpc) is 2.19. The molecular weight excluding hydrogens is 227 g/mol. The third-order valence-electron chi connectivity index (χ3n) is 1.80. The van der Waals surface area contributed by atoms with Crippen molar-refractivity contribution in [2.75, 3.05) is 0 Å². The van der Waals surface area contributed by atoms with E-state index in [1.54, 1.807) is 5.43 Å². The molecule has 0 fully saturated rings. The Balaban J connectivity index is 3.25. The summed E-state index contributed by atoms with van der Waals surface area (Å²) in [5, 5.41) is 0. The summed E-state index contributed by atoms with van der Waals surface area (Å²) in [7, 11) is 0. The lowest BCUT2D eigenvalue weighted by Crippen LogP contribution is -2.38. The smallest absolute Gasteiger partial charge is 0.295 e. The molecule has 1 amide bonds. The van der Waals surface area contributed by atoms with Crippen LogP contribution in [0.15, 0.2) is 23.0 Å². The van der Waals surface area contributed by atoms with Gasteiger partial charge in [-0.15, -0.1) is 0 Å². The Morgan fingerprint density at radius 3 is 2.56 bits per heavy atom. The molecule has 0 aliphatic carbocycles. The van der Waals surface area contributed by atoms with Crippen LogP contribution in [0.2, 0.25) is 0 Å². The van der Waals surface area contributed by atoms with E-state index >= 15 is 0 Å². The zero-order chi connectivity index (χ0) is 12.3. The summed E-state index contributed by atoms with van der Waals surface area (Å²) < 4.78 is 37.7. The molecule has 0 saturated heterocycles. The number of carbonyl (C=O) groups excluding carboxylic acids is 1. The zero-order valence-corrected chi connectivity index (χ0v) is 7.91. The van der Waals surface area contributed by atoms with Gasteiger partial charge < -0.3 is 0 Å². The van der Waals surface area contributed by atoms with Gasteiger partial charge in [0.1, 0.15) is 12.2 Å².